The lowest BCUT2D eigenvalue weighted by Gasteiger charge is -2.08. The number of rotatable bonds is 12. The van der Waals surface area contributed by atoms with Crippen LogP contribution < -0.4 is 29.6 Å². The molecular formula is C30H32N2O6. The molecule has 0 saturated heterocycles. The highest BCUT2D eigenvalue weighted by Gasteiger charge is 2.05. The molecule has 0 unspecified atom stereocenters. The van der Waals surface area contributed by atoms with Crippen molar-refractivity contribution < 1.29 is 28.5 Å². The zero-order valence-corrected chi connectivity index (χ0v) is 21.9. The van der Waals surface area contributed by atoms with Crippen LogP contribution in [0.4, 0.5) is 0 Å². The normalized spacial score (nSPS) is 10.8. The predicted octanol–water partition coefficient (Wildman–Crippen LogP) is 4.38. The van der Waals surface area contributed by atoms with Gasteiger partial charge >= 0.3 is 0 Å². The fourth-order valence-electron chi connectivity index (χ4n) is 3.60. The monoisotopic (exact) mass is 516 g/mol. The Bertz CT molecular complexity index is 1220. The summed E-state index contributed by atoms with van der Waals surface area (Å²) in [5.41, 5.74) is 3.47. The van der Waals surface area contributed by atoms with Gasteiger partial charge in [-0.2, -0.15) is 0 Å². The summed E-state index contributed by atoms with van der Waals surface area (Å²) in [6, 6.07) is 18.5. The van der Waals surface area contributed by atoms with Crippen molar-refractivity contribution in [3.63, 3.8) is 0 Å². The minimum Gasteiger partial charge on any atom is -0.493 e. The van der Waals surface area contributed by atoms with Crippen molar-refractivity contribution in [2.45, 2.75) is 13.1 Å². The Labute approximate surface area is 222 Å². The van der Waals surface area contributed by atoms with Crippen LogP contribution >= 0.6 is 0 Å². The average Bonchev–Trinajstić information content (AvgIpc) is 2.96. The van der Waals surface area contributed by atoms with Gasteiger partial charge in [0.2, 0.25) is 11.8 Å². The maximum absolute atomic E-state index is 12.3. The molecule has 3 rings (SSSR count). The zero-order chi connectivity index (χ0) is 27.3. The Balaban J connectivity index is 1.49. The number of benzene rings is 3. The highest BCUT2D eigenvalue weighted by Crippen LogP contribution is 2.28. The summed E-state index contributed by atoms with van der Waals surface area (Å²) in [5, 5.41) is 5.74. The van der Waals surface area contributed by atoms with E-state index < -0.39 is 0 Å². The number of hydrogen-bond donors (Lipinski definition) is 2. The van der Waals surface area contributed by atoms with Gasteiger partial charge in [0.1, 0.15) is 0 Å². The first-order valence-corrected chi connectivity index (χ1v) is 11.9. The molecule has 0 aliphatic heterocycles. The molecule has 198 valence electrons. The fourth-order valence-corrected chi connectivity index (χ4v) is 3.60. The van der Waals surface area contributed by atoms with Crippen LogP contribution in [0.1, 0.15) is 22.3 Å². The number of methoxy groups -OCH3 is 4. The van der Waals surface area contributed by atoms with E-state index in [4.69, 9.17) is 18.9 Å². The lowest BCUT2D eigenvalue weighted by molar-refractivity contribution is -0.117. The van der Waals surface area contributed by atoms with Gasteiger partial charge in [-0.25, -0.2) is 0 Å². The van der Waals surface area contributed by atoms with Crippen molar-refractivity contribution >= 4 is 24.0 Å². The third kappa shape index (κ3) is 8.16. The summed E-state index contributed by atoms with van der Waals surface area (Å²) in [7, 11) is 6.27. The first-order chi connectivity index (χ1) is 18.4. The van der Waals surface area contributed by atoms with E-state index in [-0.39, 0.29) is 11.8 Å². The van der Waals surface area contributed by atoms with Gasteiger partial charge < -0.3 is 29.6 Å². The van der Waals surface area contributed by atoms with E-state index in [1.165, 1.54) is 12.2 Å². The van der Waals surface area contributed by atoms with Crippen molar-refractivity contribution in [3.8, 4) is 23.0 Å². The maximum Gasteiger partial charge on any atom is 0.244 e. The van der Waals surface area contributed by atoms with Crippen molar-refractivity contribution in [3.05, 3.63) is 95.1 Å². The Kier molecular flexibility index (Phi) is 10.4. The fraction of sp³-hybridized carbons (Fsp3) is 0.200. The van der Waals surface area contributed by atoms with Gasteiger partial charge in [-0.1, -0.05) is 36.4 Å². The van der Waals surface area contributed by atoms with E-state index in [9.17, 15) is 9.59 Å². The van der Waals surface area contributed by atoms with Crippen molar-refractivity contribution in [2.75, 3.05) is 28.4 Å². The summed E-state index contributed by atoms with van der Waals surface area (Å²) >= 11 is 0. The third-order valence-electron chi connectivity index (χ3n) is 5.59. The summed E-state index contributed by atoms with van der Waals surface area (Å²) < 4.78 is 21.0. The number of carbonyl (C=O) groups excluding carboxylic acids is 2. The van der Waals surface area contributed by atoms with E-state index in [0.717, 1.165) is 22.3 Å². The van der Waals surface area contributed by atoms with Crippen LogP contribution in [-0.2, 0) is 22.7 Å². The van der Waals surface area contributed by atoms with Crippen LogP contribution in [0.2, 0.25) is 0 Å². The van der Waals surface area contributed by atoms with E-state index in [0.29, 0.717) is 36.1 Å². The molecule has 0 bridgehead atoms. The summed E-state index contributed by atoms with van der Waals surface area (Å²) in [6.45, 7) is 0.714. The van der Waals surface area contributed by atoms with Crippen molar-refractivity contribution in [2.24, 2.45) is 0 Å². The van der Waals surface area contributed by atoms with Crippen LogP contribution in [0.25, 0.3) is 12.2 Å². The molecule has 0 atom stereocenters. The van der Waals surface area contributed by atoms with Crippen LogP contribution in [0.3, 0.4) is 0 Å². The number of ether oxygens (including phenoxy) is 4. The second-order valence-corrected chi connectivity index (χ2v) is 8.15. The quantitative estimate of drug-likeness (QED) is 0.347. The highest BCUT2D eigenvalue weighted by atomic mass is 16.5. The first kappa shape index (κ1) is 27.9. The molecule has 0 heterocycles. The molecule has 0 aromatic heterocycles. The Morgan fingerprint density at radius 2 is 1.03 bits per heavy atom. The lowest BCUT2D eigenvalue weighted by Crippen LogP contribution is -2.21. The molecule has 2 amide bonds. The standard InChI is InChI=1S/C30H32N2O6/c1-35-25-12-8-21(17-27(25)37-3)10-14-29(33)31-19-23-6-5-7-24(16-23)20-32-30(34)15-11-22-9-13-26(36-2)28(18-22)38-4/h5-18H,19-20H2,1-4H3,(H,31,33)(H,32,34)/b14-10+,15-11+. The molecule has 0 aliphatic carbocycles. The predicted molar refractivity (Wildman–Crippen MR) is 147 cm³/mol. The Morgan fingerprint density at radius 1 is 0.605 bits per heavy atom. The van der Waals surface area contributed by atoms with Gasteiger partial charge in [-0.15, -0.1) is 0 Å². The topological polar surface area (TPSA) is 95.1 Å². The maximum atomic E-state index is 12.3. The van der Waals surface area contributed by atoms with E-state index in [1.807, 2.05) is 36.4 Å². The highest BCUT2D eigenvalue weighted by molar-refractivity contribution is 5.92. The summed E-state index contributed by atoms with van der Waals surface area (Å²) in [6.07, 6.45) is 6.35. The van der Waals surface area contributed by atoms with Crippen molar-refractivity contribution in [1.29, 1.82) is 0 Å². The molecule has 3 aromatic rings. The summed E-state index contributed by atoms with van der Waals surface area (Å²) in [4.78, 5) is 24.6. The molecule has 0 aliphatic rings. The molecule has 38 heavy (non-hydrogen) atoms. The van der Waals surface area contributed by atoms with E-state index in [2.05, 4.69) is 10.6 Å². The van der Waals surface area contributed by atoms with Crippen LogP contribution in [0.5, 0.6) is 23.0 Å². The van der Waals surface area contributed by atoms with Gasteiger partial charge in [-0.3, -0.25) is 9.59 Å². The number of nitrogens with one attached hydrogen (secondary N) is 2. The first-order valence-electron chi connectivity index (χ1n) is 11.9. The second kappa shape index (κ2) is 14.1. The molecule has 0 fully saturated rings. The van der Waals surface area contributed by atoms with Gasteiger partial charge in [0.15, 0.2) is 23.0 Å². The molecule has 0 spiro atoms. The van der Waals surface area contributed by atoms with Gasteiger partial charge in [0.05, 0.1) is 28.4 Å². The Morgan fingerprint density at radius 3 is 1.42 bits per heavy atom. The van der Waals surface area contributed by atoms with Gasteiger partial charge in [0.25, 0.3) is 0 Å². The third-order valence-corrected chi connectivity index (χ3v) is 5.59. The molecule has 0 saturated carbocycles. The zero-order valence-electron chi connectivity index (χ0n) is 21.9. The van der Waals surface area contributed by atoms with Crippen molar-refractivity contribution in [1.82, 2.24) is 10.6 Å². The molecule has 8 nitrogen and oxygen atoms in total. The number of carbonyl (C=O) groups is 2. The van der Waals surface area contributed by atoms with E-state index in [1.54, 1.807) is 64.9 Å². The lowest BCUT2D eigenvalue weighted by atomic mass is 10.1. The van der Waals surface area contributed by atoms with Crippen LogP contribution in [-0.4, -0.2) is 40.3 Å². The molecule has 2 N–H and O–H groups in total. The minimum absolute atomic E-state index is 0.223. The minimum atomic E-state index is -0.223. The number of amides is 2. The molecular weight excluding hydrogens is 484 g/mol. The SMILES string of the molecule is COc1ccc(/C=C/C(=O)NCc2cccc(CNC(=O)/C=C/c3ccc(OC)c(OC)c3)c2)cc1OC. The van der Waals surface area contributed by atoms with Crippen LogP contribution in [0, 0.1) is 0 Å². The summed E-state index contributed by atoms with van der Waals surface area (Å²) in [5.74, 6) is 1.99. The molecule has 0 radical (unpaired) electrons. The van der Waals surface area contributed by atoms with Crippen LogP contribution in [0.15, 0.2) is 72.8 Å². The second-order valence-electron chi connectivity index (χ2n) is 8.15. The smallest absolute Gasteiger partial charge is 0.244 e. The largest absolute Gasteiger partial charge is 0.493 e. The van der Waals surface area contributed by atoms with Gasteiger partial charge in [0, 0.05) is 25.2 Å². The molecule has 8 heteroatoms. The van der Waals surface area contributed by atoms with Gasteiger partial charge in [-0.05, 0) is 58.7 Å². The Hall–Kier alpha value is -4.72. The molecule has 3 aromatic carbocycles. The average molecular weight is 517 g/mol. The number of hydrogen-bond acceptors (Lipinski definition) is 6. The van der Waals surface area contributed by atoms with E-state index >= 15 is 0 Å².